The topological polar surface area (TPSA) is 75.7 Å². The number of rotatable bonds is 7. The van der Waals surface area contributed by atoms with Gasteiger partial charge < -0.3 is 10.1 Å². The van der Waals surface area contributed by atoms with Crippen LogP contribution in [0, 0.1) is 0 Å². The maximum Gasteiger partial charge on any atom is 0.264 e. The normalized spacial score (nSPS) is 11.0. The summed E-state index contributed by atoms with van der Waals surface area (Å²) >= 11 is 11.9. The van der Waals surface area contributed by atoms with Crippen LogP contribution in [0.4, 0.5) is 11.4 Å². The van der Waals surface area contributed by atoms with Gasteiger partial charge in [0.05, 0.1) is 17.7 Å². The molecule has 0 aliphatic carbocycles. The van der Waals surface area contributed by atoms with Crippen molar-refractivity contribution in [3.8, 4) is 5.75 Å². The first-order chi connectivity index (χ1) is 14.3. The molecule has 0 aliphatic heterocycles. The molecule has 1 amide bonds. The number of benzene rings is 3. The highest BCUT2D eigenvalue weighted by atomic mass is 35.5. The van der Waals surface area contributed by atoms with Crippen molar-refractivity contribution in [1.82, 2.24) is 0 Å². The first kappa shape index (κ1) is 22.0. The summed E-state index contributed by atoms with van der Waals surface area (Å²) in [5.74, 6) is -0.00174. The fraction of sp³-hybridized carbons (Fsp3) is 0.0952. The van der Waals surface area contributed by atoms with Crippen molar-refractivity contribution in [3.05, 3.63) is 82.8 Å². The molecule has 3 aromatic rings. The van der Waals surface area contributed by atoms with Crippen molar-refractivity contribution in [3.63, 3.8) is 0 Å². The third kappa shape index (κ3) is 5.24. The Labute approximate surface area is 185 Å². The molecule has 0 aromatic heterocycles. The lowest BCUT2D eigenvalue weighted by molar-refractivity contribution is -0.114. The van der Waals surface area contributed by atoms with E-state index in [1.54, 1.807) is 42.5 Å². The maximum atomic E-state index is 13.3. The lowest BCUT2D eigenvalue weighted by Crippen LogP contribution is -2.38. The molecule has 0 saturated heterocycles. The number of sulfonamides is 1. The third-order valence-corrected chi connectivity index (χ3v) is 6.43. The van der Waals surface area contributed by atoms with Crippen molar-refractivity contribution in [1.29, 1.82) is 0 Å². The molecule has 30 heavy (non-hydrogen) atoms. The molecule has 0 atom stereocenters. The number of nitrogens with one attached hydrogen (secondary N) is 1. The molecule has 0 spiro atoms. The minimum Gasteiger partial charge on any atom is -0.497 e. The van der Waals surface area contributed by atoms with Gasteiger partial charge in [-0.15, -0.1) is 0 Å². The third-order valence-electron chi connectivity index (χ3n) is 4.16. The minimum atomic E-state index is -4.05. The zero-order valence-corrected chi connectivity index (χ0v) is 18.2. The van der Waals surface area contributed by atoms with Gasteiger partial charge in [0.1, 0.15) is 12.3 Å². The number of halogens is 2. The summed E-state index contributed by atoms with van der Waals surface area (Å²) in [5.41, 5.74) is 0.766. The van der Waals surface area contributed by atoms with E-state index < -0.39 is 22.5 Å². The second kappa shape index (κ2) is 9.38. The van der Waals surface area contributed by atoms with Crippen LogP contribution in [-0.4, -0.2) is 28.0 Å². The zero-order valence-electron chi connectivity index (χ0n) is 15.9. The van der Waals surface area contributed by atoms with Crippen molar-refractivity contribution < 1.29 is 17.9 Å². The highest BCUT2D eigenvalue weighted by Gasteiger charge is 2.27. The molecular weight excluding hydrogens is 447 g/mol. The summed E-state index contributed by atoms with van der Waals surface area (Å²) in [6, 6.07) is 18.7. The number of hydrogen-bond donors (Lipinski definition) is 1. The van der Waals surface area contributed by atoms with E-state index in [2.05, 4.69) is 5.32 Å². The van der Waals surface area contributed by atoms with E-state index in [4.69, 9.17) is 27.9 Å². The van der Waals surface area contributed by atoms with E-state index in [0.29, 0.717) is 21.5 Å². The molecule has 0 radical (unpaired) electrons. The lowest BCUT2D eigenvalue weighted by Gasteiger charge is -2.24. The predicted molar refractivity (Wildman–Crippen MR) is 119 cm³/mol. The Morgan fingerprint density at radius 1 is 0.967 bits per heavy atom. The Kier molecular flexibility index (Phi) is 6.87. The molecule has 0 heterocycles. The number of nitrogens with zero attached hydrogens (tertiary/aromatic N) is 1. The fourth-order valence-corrected chi connectivity index (χ4v) is 4.41. The molecule has 0 fully saturated rings. The van der Waals surface area contributed by atoms with Gasteiger partial charge in [0.15, 0.2) is 0 Å². The minimum absolute atomic E-state index is 0.0163. The van der Waals surface area contributed by atoms with E-state index in [0.717, 1.165) is 4.31 Å². The number of ether oxygens (including phenoxy) is 1. The Bertz CT molecular complexity index is 1130. The fourth-order valence-electron chi connectivity index (χ4n) is 2.69. The van der Waals surface area contributed by atoms with Crippen LogP contribution in [0.2, 0.25) is 10.0 Å². The maximum absolute atomic E-state index is 13.3. The number of amides is 1. The summed E-state index contributed by atoms with van der Waals surface area (Å²) in [6.45, 7) is -0.447. The molecule has 0 aliphatic rings. The molecule has 3 aromatic carbocycles. The quantitative estimate of drug-likeness (QED) is 0.542. The van der Waals surface area contributed by atoms with E-state index >= 15 is 0 Å². The van der Waals surface area contributed by atoms with Crippen molar-refractivity contribution >= 4 is 50.5 Å². The van der Waals surface area contributed by atoms with Gasteiger partial charge in [0.25, 0.3) is 10.0 Å². The van der Waals surface area contributed by atoms with Crippen LogP contribution in [0.25, 0.3) is 0 Å². The van der Waals surface area contributed by atoms with Gasteiger partial charge in [-0.25, -0.2) is 8.42 Å². The highest BCUT2D eigenvalue weighted by Crippen LogP contribution is 2.27. The lowest BCUT2D eigenvalue weighted by atomic mass is 10.3. The first-order valence-electron chi connectivity index (χ1n) is 8.77. The Morgan fingerprint density at radius 3 is 2.23 bits per heavy atom. The van der Waals surface area contributed by atoms with Crippen LogP contribution in [0.5, 0.6) is 5.75 Å². The highest BCUT2D eigenvalue weighted by molar-refractivity contribution is 7.92. The average molecular weight is 465 g/mol. The number of methoxy groups -OCH3 is 1. The van der Waals surface area contributed by atoms with Crippen LogP contribution in [0.3, 0.4) is 0 Å². The summed E-state index contributed by atoms with van der Waals surface area (Å²) in [5, 5.41) is 3.54. The van der Waals surface area contributed by atoms with Crippen LogP contribution in [-0.2, 0) is 14.8 Å². The van der Waals surface area contributed by atoms with Crippen molar-refractivity contribution in [2.24, 2.45) is 0 Å². The van der Waals surface area contributed by atoms with Crippen LogP contribution in [0.15, 0.2) is 77.7 Å². The number of hydrogen-bond acceptors (Lipinski definition) is 4. The molecule has 1 N–H and O–H groups in total. The Hall–Kier alpha value is -2.74. The monoisotopic (exact) mass is 464 g/mol. The standard InChI is InChI=1S/C21H18Cl2N2O4S/c1-29-19-9-11-20(12-10-19)30(27,28)25(18-4-2-3-16(23)13-18)14-21(26)24-17-7-5-15(22)6-8-17/h2-13H,14H2,1H3,(H,24,26). The molecule has 0 bridgehead atoms. The van der Waals surface area contributed by atoms with Gasteiger partial charge in [-0.2, -0.15) is 0 Å². The summed E-state index contributed by atoms with van der Waals surface area (Å²) in [4.78, 5) is 12.7. The number of carbonyl (C=O) groups excluding carboxylic acids is 1. The van der Waals surface area contributed by atoms with Gasteiger partial charge in [0.2, 0.25) is 5.91 Å². The molecular formula is C21H18Cl2N2O4S. The smallest absolute Gasteiger partial charge is 0.264 e. The summed E-state index contributed by atoms with van der Waals surface area (Å²) in [6.07, 6.45) is 0. The van der Waals surface area contributed by atoms with Gasteiger partial charge in [0, 0.05) is 15.7 Å². The molecule has 156 valence electrons. The van der Waals surface area contributed by atoms with Gasteiger partial charge in [-0.1, -0.05) is 29.3 Å². The van der Waals surface area contributed by atoms with E-state index in [1.165, 1.54) is 37.4 Å². The van der Waals surface area contributed by atoms with Gasteiger partial charge in [-0.3, -0.25) is 9.10 Å². The zero-order chi connectivity index (χ0) is 21.7. The second-order valence-electron chi connectivity index (χ2n) is 6.22. The van der Waals surface area contributed by atoms with Crippen LogP contribution < -0.4 is 14.4 Å². The Morgan fingerprint density at radius 2 is 1.63 bits per heavy atom. The van der Waals surface area contributed by atoms with E-state index in [9.17, 15) is 13.2 Å². The molecule has 0 saturated carbocycles. The van der Waals surface area contributed by atoms with Gasteiger partial charge >= 0.3 is 0 Å². The SMILES string of the molecule is COc1ccc(S(=O)(=O)N(CC(=O)Nc2ccc(Cl)cc2)c2cccc(Cl)c2)cc1. The Balaban J connectivity index is 1.93. The largest absolute Gasteiger partial charge is 0.497 e. The average Bonchev–Trinajstić information content (AvgIpc) is 2.73. The molecule has 9 heteroatoms. The van der Waals surface area contributed by atoms with Crippen molar-refractivity contribution in [2.45, 2.75) is 4.90 Å². The number of anilines is 2. The first-order valence-corrected chi connectivity index (χ1v) is 11.0. The summed E-state index contributed by atoms with van der Waals surface area (Å²) < 4.78 is 32.7. The van der Waals surface area contributed by atoms with Crippen LogP contribution in [0.1, 0.15) is 0 Å². The van der Waals surface area contributed by atoms with E-state index in [-0.39, 0.29) is 10.6 Å². The summed E-state index contributed by atoms with van der Waals surface area (Å²) in [7, 11) is -2.56. The van der Waals surface area contributed by atoms with E-state index in [1.807, 2.05) is 0 Å². The van der Waals surface area contributed by atoms with Crippen LogP contribution >= 0.6 is 23.2 Å². The second-order valence-corrected chi connectivity index (χ2v) is 8.96. The molecule has 0 unspecified atom stereocenters. The molecule has 3 rings (SSSR count). The van der Waals surface area contributed by atoms with Gasteiger partial charge in [-0.05, 0) is 66.7 Å². The number of carbonyl (C=O) groups is 1. The predicted octanol–water partition coefficient (Wildman–Crippen LogP) is 4.84. The van der Waals surface area contributed by atoms with Crippen molar-refractivity contribution in [2.75, 3.05) is 23.3 Å². The molecule has 6 nitrogen and oxygen atoms in total.